The van der Waals surface area contributed by atoms with Crippen LogP contribution in [0.1, 0.15) is 15.9 Å². The first-order valence-electron chi connectivity index (χ1n) is 7.32. The monoisotopic (exact) mass is 341 g/mol. The van der Waals surface area contributed by atoms with Gasteiger partial charge in [-0.25, -0.2) is 9.78 Å². The Kier molecular flexibility index (Phi) is 3.88. The van der Waals surface area contributed by atoms with Crippen molar-refractivity contribution >= 4 is 16.8 Å². The van der Waals surface area contributed by atoms with E-state index in [-0.39, 0.29) is 27.9 Å². The second-order valence-corrected chi connectivity index (χ2v) is 5.51. The fourth-order valence-electron chi connectivity index (χ4n) is 2.57. The van der Waals surface area contributed by atoms with Gasteiger partial charge in [-0.05, 0) is 24.3 Å². The van der Waals surface area contributed by atoms with E-state index in [0.29, 0.717) is 5.75 Å². The third-order valence-electron chi connectivity index (χ3n) is 4.00. The van der Waals surface area contributed by atoms with E-state index in [2.05, 4.69) is 4.98 Å². The number of rotatable bonds is 3. The highest BCUT2D eigenvalue weighted by Gasteiger charge is 2.18. The summed E-state index contributed by atoms with van der Waals surface area (Å²) < 4.78 is 7.24. The number of carbonyl (C=O) groups is 1. The Hall–Kier alpha value is -3.42. The highest BCUT2D eigenvalue weighted by Crippen LogP contribution is 2.25. The molecular formula is C17H15N3O5. The predicted octanol–water partition coefficient (Wildman–Crippen LogP) is 0.577. The summed E-state index contributed by atoms with van der Waals surface area (Å²) in [7, 11) is 4.29. The standard InChI is InChI=1S/C17H15N3O5/c1-19-15-12(16(23)20(2)17(19)24)6-9(8-18-15)14(22)11-7-10(25-3)4-5-13(11)21/h4-8,21H,1-3H3. The van der Waals surface area contributed by atoms with Crippen molar-refractivity contribution in [1.82, 2.24) is 14.1 Å². The van der Waals surface area contributed by atoms with Gasteiger partial charge in [-0.2, -0.15) is 0 Å². The van der Waals surface area contributed by atoms with Crippen LogP contribution in [-0.4, -0.2) is 32.1 Å². The van der Waals surface area contributed by atoms with Gasteiger partial charge in [-0.3, -0.25) is 18.7 Å². The predicted molar refractivity (Wildman–Crippen MR) is 90.3 cm³/mol. The van der Waals surface area contributed by atoms with Gasteiger partial charge in [-0.1, -0.05) is 0 Å². The molecule has 128 valence electrons. The molecule has 0 aliphatic heterocycles. The van der Waals surface area contributed by atoms with Crippen LogP contribution in [0.5, 0.6) is 11.5 Å². The fraction of sp³-hybridized carbons (Fsp3) is 0.176. The molecule has 0 aliphatic rings. The van der Waals surface area contributed by atoms with E-state index in [1.54, 1.807) is 0 Å². The van der Waals surface area contributed by atoms with E-state index in [4.69, 9.17) is 4.74 Å². The van der Waals surface area contributed by atoms with Crippen LogP contribution in [0.2, 0.25) is 0 Å². The van der Waals surface area contributed by atoms with Crippen LogP contribution >= 0.6 is 0 Å². The summed E-state index contributed by atoms with van der Waals surface area (Å²) in [5.74, 6) is -0.311. The number of carbonyl (C=O) groups excluding carboxylic acids is 1. The summed E-state index contributed by atoms with van der Waals surface area (Å²) in [5, 5.41) is 10.1. The molecule has 8 heteroatoms. The van der Waals surface area contributed by atoms with Crippen molar-refractivity contribution in [2.75, 3.05) is 7.11 Å². The number of phenols is 1. The van der Waals surface area contributed by atoms with Crippen LogP contribution in [0.3, 0.4) is 0 Å². The first-order valence-corrected chi connectivity index (χ1v) is 7.32. The molecule has 0 spiro atoms. The fourth-order valence-corrected chi connectivity index (χ4v) is 2.57. The maximum Gasteiger partial charge on any atom is 0.332 e. The Morgan fingerprint density at radius 2 is 1.88 bits per heavy atom. The maximum absolute atomic E-state index is 12.7. The highest BCUT2D eigenvalue weighted by atomic mass is 16.5. The van der Waals surface area contributed by atoms with E-state index in [1.807, 2.05) is 0 Å². The molecule has 0 atom stereocenters. The van der Waals surface area contributed by atoms with E-state index in [9.17, 15) is 19.5 Å². The summed E-state index contributed by atoms with van der Waals surface area (Å²) in [6.45, 7) is 0. The van der Waals surface area contributed by atoms with Gasteiger partial charge in [0.25, 0.3) is 5.56 Å². The molecule has 3 aromatic rings. The molecule has 1 aromatic carbocycles. The van der Waals surface area contributed by atoms with Crippen molar-refractivity contribution in [3.8, 4) is 11.5 Å². The van der Waals surface area contributed by atoms with Gasteiger partial charge >= 0.3 is 5.69 Å². The molecular weight excluding hydrogens is 326 g/mol. The van der Waals surface area contributed by atoms with Crippen molar-refractivity contribution in [1.29, 1.82) is 0 Å². The Morgan fingerprint density at radius 1 is 1.16 bits per heavy atom. The summed E-state index contributed by atoms with van der Waals surface area (Å²) in [6.07, 6.45) is 1.27. The highest BCUT2D eigenvalue weighted by molar-refractivity contribution is 6.11. The first kappa shape index (κ1) is 16.4. The Labute approximate surface area is 141 Å². The third kappa shape index (κ3) is 2.57. The molecule has 8 nitrogen and oxygen atoms in total. The molecule has 25 heavy (non-hydrogen) atoms. The van der Waals surface area contributed by atoms with Gasteiger partial charge in [0, 0.05) is 25.9 Å². The Balaban J connectivity index is 2.22. The number of ketones is 1. The van der Waals surface area contributed by atoms with E-state index < -0.39 is 17.0 Å². The maximum atomic E-state index is 12.7. The Bertz CT molecular complexity index is 1130. The molecule has 0 aliphatic carbocycles. The topological polar surface area (TPSA) is 103 Å². The average Bonchev–Trinajstić information content (AvgIpc) is 2.64. The normalized spacial score (nSPS) is 10.8. The summed E-state index contributed by atoms with van der Waals surface area (Å²) in [4.78, 5) is 41.0. The number of hydrogen-bond donors (Lipinski definition) is 1. The molecule has 2 aromatic heterocycles. The van der Waals surface area contributed by atoms with Crippen molar-refractivity contribution < 1.29 is 14.6 Å². The van der Waals surface area contributed by atoms with Crippen LogP contribution in [0.25, 0.3) is 11.0 Å². The van der Waals surface area contributed by atoms with Gasteiger partial charge < -0.3 is 9.84 Å². The zero-order chi connectivity index (χ0) is 18.3. The summed E-state index contributed by atoms with van der Waals surface area (Å²) in [5.41, 5.74) is -0.724. The number of aromatic hydroxyl groups is 1. The minimum atomic E-state index is -0.546. The molecule has 0 unspecified atom stereocenters. The molecule has 0 saturated heterocycles. The third-order valence-corrected chi connectivity index (χ3v) is 4.00. The second kappa shape index (κ2) is 5.90. The lowest BCUT2D eigenvalue weighted by atomic mass is 10.0. The minimum absolute atomic E-state index is 0.0298. The smallest absolute Gasteiger partial charge is 0.332 e. The number of methoxy groups -OCH3 is 1. The number of phenolic OH excluding ortho intramolecular Hbond substituents is 1. The Morgan fingerprint density at radius 3 is 2.56 bits per heavy atom. The van der Waals surface area contributed by atoms with E-state index >= 15 is 0 Å². The van der Waals surface area contributed by atoms with E-state index in [1.165, 1.54) is 56.2 Å². The largest absolute Gasteiger partial charge is 0.507 e. The lowest BCUT2D eigenvalue weighted by Crippen LogP contribution is -2.37. The molecule has 1 N–H and O–H groups in total. The summed E-state index contributed by atoms with van der Waals surface area (Å²) in [6, 6.07) is 5.64. The van der Waals surface area contributed by atoms with Crippen LogP contribution in [0.4, 0.5) is 0 Å². The number of nitrogens with zero attached hydrogens (tertiary/aromatic N) is 3. The number of fused-ring (bicyclic) bond motifs is 1. The lowest BCUT2D eigenvalue weighted by molar-refractivity contribution is 0.103. The lowest BCUT2D eigenvalue weighted by Gasteiger charge is -2.09. The number of aryl methyl sites for hydroxylation is 1. The molecule has 0 bridgehead atoms. The zero-order valence-electron chi connectivity index (χ0n) is 13.8. The van der Waals surface area contributed by atoms with Crippen LogP contribution in [0.15, 0.2) is 40.1 Å². The van der Waals surface area contributed by atoms with Gasteiger partial charge in [0.2, 0.25) is 0 Å². The number of benzene rings is 1. The molecule has 0 amide bonds. The average molecular weight is 341 g/mol. The summed E-state index contributed by atoms with van der Waals surface area (Å²) >= 11 is 0. The molecule has 0 saturated carbocycles. The van der Waals surface area contributed by atoms with Crippen molar-refractivity contribution in [3.63, 3.8) is 0 Å². The SMILES string of the molecule is COc1ccc(O)c(C(=O)c2cnc3c(c2)c(=O)n(C)c(=O)n3C)c1. The van der Waals surface area contributed by atoms with Crippen LogP contribution in [0, 0.1) is 0 Å². The van der Waals surface area contributed by atoms with Crippen molar-refractivity contribution in [3.05, 3.63) is 62.4 Å². The zero-order valence-corrected chi connectivity index (χ0v) is 13.8. The van der Waals surface area contributed by atoms with Gasteiger partial charge in [0.1, 0.15) is 17.1 Å². The number of ether oxygens (including phenoxy) is 1. The molecule has 0 fully saturated rings. The van der Waals surface area contributed by atoms with Gasteiger partial charge in [0.15, 0.2) is 5.78 Å². The number of aromatic nitrogens is 3. The van der Waals surface area contributed by atoms with Gasteiger partial charge in [-0.15, -0.1) is 0 Å². The second-order valence-electron chi connectivity index (χ2n) is 5.51. The van der Waals surface area contributed by atoms with Crippen molar-refractivity contribution in [2.45, 2.75) is 0 Å². The molecule has 0 radical (unpaired) electrons. The number of pyridine rings is 1. The number of hydrogen-bond acceptors (Lipinski definition) is 6. The van der Waals surface area contributed by atoms with Crippen LogP contribution in [-0.2, 0) is 14.1 Å². The van der Waals surface area contributed by atoms with Gasteiger partial charge in [0.05, 0.1) is 18.1 Å². The minimum Gasteiger partial charge on any atom is -0.507 e. The van der Waals surface area contributed by atoms with Crippen LogP contribution < -0.4 is 16.0 Å². The molecule has 3 rings (SSSR count). The first-order chi connectivity index (χ1) is 11.8. The van der Waals surface area contributed by atoms with Crippen molar-refractivity contribution in [2.24, 2.45) is 14.1 Å². The van der Waals surface area contributed by atoms with E-state index in [0.717, 1.165) is 4.57 Å². The quantitative estimate of drug-likeness (QED) is 0.699. The molecule has 2 heterocycles.